The first-order valence-corrected chi connectivity index (χ1v) is 8.15. The predicted octanol–water partition coefficient (Wildman–Crippen LogP) is 1.98. The van der Waals surface area contributed by atoms with Gasteiger partial charge in [0.15, 0.2) is 0 Å². The molecular weight excluding hydrogens is 347 g/mol. The zero-order valence-corrected chi connectivity index (χ0v) is 15.1. The number of halogens is 1. The van der Waals surface area contributed by atoms with Crippen molar-refractivity contribution >= 4 is 56.3 Å². The molecule has 0 amide bonds. The van der Waals surface area contributed by atoms with E-state index in [0.717, 1.165) is 20.7 Å². The fourth-order valence-corrected chi connectivity index (χ4v) is 3.04. The van der Waals surface area contributed by atoms with Crippen molar-refractivity contribution in [2.75, 3.05) is 0 Å². The number of hydrogen-bond acceptors (Lipinski definition) is 3. The zero-order valence-electron chi connectivity index (χ0n) is 12.5. The van der Waals surface area contributed by atoms with Crippen molar-refractivity contribution in [1.82, 2.24) is 4.98 Å². The van der Waals surface area contributed by atoms with Gasteiger partial charge in [0.25, 0.3) is 0 Å². The van der Waals surface area contributed by atoms with Crippen LogP contribution in [0.2, 0.25) is 5.02 Å². The van der Waals surface area contributed by atoms with Crippen LogP contribution in [-0.4, -0.2) is 40.2 Å². The van der Waals surface area contributed by atoms with Gasteiger partial charge in [-0.1, -0.05) is 0 Å². The molecule has 3 nitrogen and oxygen atoms in total. The monoisotopic (exact) mass is 363 g/mol. The van der Waals surface area contributed by atoms with E-state index < -0.39 is 7.12 Å². The van der Waals surface area contributed by atoms with Crippen LogP contribution >= 0.6 is 11.6 Å². The van der Waals surface area contributed by atoms with Crippen LogP contribution in [0.3, 0.4) is 0 Å². The quantitative estimate of drug-likeness (QED) is 0.726. The molecule has 1 aromatic carbocycles. The fourth-order valence-electron chi connectivity index (χ4n) is 2.34. The first-order chi connectivity index (χ1) is 9.69. The molecule has 6 heteroatoms. The summed E-state index contributed by atoms with van der Waals surface area (Å²) in [5.41, 5.74) is 0.221. The molecule has 1 aliphatic rings. The molecule has 1 fully saturated rings. The summed E-state index contributed by atoms with van der Waals surface area (Å²) in [4.78, 5) is 4.27. The topological polar surface area (TPSA) is 31.4 Å². The van der Waals surface area contributed by atoms with E-state index in [1.54, 1.807) is 6.20 Å². The third-order valence-corrected chi connectivity index (χ3v) is 5.15. The summed E-state index contributed by atoms with van der Waals surface area (Å²) in [6.07, 6.45) is 1.79. The average molecular weight is 363 g/mol. The Morgan fingerprint density at radius 1 is 1.10 bits per heavy atom. The van der Waals surface area contributed by atoms with Gasteiger partial charge >= 0.3 is 139 Å². The maximum absolute atomic E-state index is 6.38. The molecule has 0 aliphatic carbocycles. The molecule has 1 aromatic heterocycles. The Kier molecular flexibility index (Phi) is 3.65. The molecule has 3 rings (SSSR count). The van der Waals surface area contributed by atoms with Crippen molar-refractivity contribution in [3.05, 3.63) is 29.4 Å². The van der Waals surface area contributed by atoms with Gasteiger partial charge in [0.2, 0.25) is 0 Å². The molecule has 0 atom stereocenters. The second-order valence-electron chi connectivity index (χ2n) is 6.35. The van der Waals surface area contributed by atoms with Crippen LogP contribution in [0.5, 0.6) is 0 Å². The normalized spacial score (nSPS) is 20.2. The molecule has 2 radical (unpaired) electrons. The van der Waals surface area contributed by atoms with Crippen molar-refractivity contribution in [1.29, 1.82) is 0 Å². The van der Waals surface area contributed by atoms with Gasteiger partial charge in [-0.15, -0.1) is 0 Å². The summed E-state index contributed by atoms with van der Waals surface area (Å²) in [6.45, 7) is 8.17. The number of benzene rings is 1. The Bertz CT molecular complexity index is 704. The Hall–Kier alpha value is -0.537. The second kappa shape index (κ2) is 4.99. The van der Waals surface area contributed by atoms with Gasteiger partial charge < -0.3 is 0 Å². The molecule has 0 unspecified atom stereocenters. The van der Waals surface area contributed by atoms with Crippen molar-refractivity contribution in [3.63, 3.8) is 0 Å². The van der Waals surface area contributed by atoms with Crippen molar-refractivity contribution in [3.8, 4) is 0 Å². The second-order valence-corrected chi connectivity index (χ2v) is 7.72. The molecule has 0 spiro atoms. The summed E-state index contributed by atoms with van der Waals surface area (Å²) in [5, 5.41) is 2.64. The molecule has 1 aliphatic heterocycles. The van der Waals surface area contributed by atoms with Crippen LogP contribution in [0.25, 0.3) is 10.8 Å². The third-order valence-electron chi connectivity index (χ3n) is 4.32. The van der Waals surface area contributed by atoms with Crippen LogP contribution in [0, 0.1) is 0 Å². The van der Waals surface area contributed by atoms with E-state index in [1.165, 1.54) is 0 Å². The average Bonchev–Trinajstić information content (AvgIpc) is 2.57. The standard InChI is InChI=1S/C15H16AsBClNO2/c1-14(2)15(3,4)21-17(20-14)10-5-9-6-13(16)19-8-11(9)12(18)7-10/h5-8H,1-4H3. The molecule has 1 saturated heterocycles. The third kappa shape index (κ3) is 2.63. The summed E-state index contributed by atoms with van der Waals surface area (Å²) >= 11 is 8.82. The molecule has 21 heavy (non-hydrogen) atoms. The van der Waals surface area contributed by atoms with Crippen molar-refractivity contribution < 1.29 is 9.31 Å². The van der Waals surface area contributed by atoms with E-state index in [2.05, 4.69) is 27.9 Å². The molecule has 0 saturated carbocycles. The number of fused-ring (bicyclic) bond motifs is 1. The van der Waals surface area contributed by atoms with Crippen molar-refractivity contribution in [2.45, 2.75) is 38.9 Å². The van der Waals surface area contributed by atoms with Crippen LogP contribution in [0.4, 0.5) is 0 Å². The molecule has 108 valence electrons. The van der Waals surface area contributed by atoms with E-state index in [0.29, 0.717) is 5.02 Å². The van der Waals surface area contributed by atoms with Crippen LogP contribution in [0.15, 0.2) is 24.4 Å². The summed E-state index contributed by atoms with van der Waals surface area (Å²) in [6, 6.07) is 5.95. The minimum atomic E-state index is -0.403. The van der Waals surface area contributed by atoms with Gasteiger partial charge in [0.05, 0.1) is 0 Å². The molecule has 0 bridgehead atoms. The van der Waals surface area contributed by atoms with E-state index >= 15 is 0 Å². The van der Waals surface area contributed by atoms with E-state index in [-0.39, 0.29) is 11.2 Å². The van der Waals surface area contributed by atoms with Gasteiger partial charge in [-0.2, -0.15) is 0 Å². The van der Waals surface area contributed by atoms with Crippen molar-refractivity contribution in [2.24, 2.45) is 0 Å². The van der Waals surface area contributed by atoms with Crippen LogP contribution in [-0.2, 0) is 9.31 Å². The van der Waals surface area contributed by atoms with Crippen LogP contribution in [0.1, 0.15) is 27.7 Å². The summed E-state index contributed by atoms with van der Waals surface area (Å²) in [5.74, 6) is 0. The van der Waals surface area contributed by atoms with Crippen LogP contribution < -0.4 is 9.94 Å². The number of pyridine rings is 1. The molecule has 2 aromatic rings. The first-order valence-electron chi connectivity index (χ1n) is 6.83. The van der Waals surface area contributed by atoms with E-state index in [9.17, 15) is 0 Å². The summed E-state index contributed by atoms with van der Waals surface area (Å²) < 4.78 is 13.1. The Morgan fingerprint density at radius 2 is 1.71 bits per heavy atom. The van der Waals surface area contributed by atoms with E-state index in [4.69, 9.17) is 20.9 Å². The van der Waals surface area contributed by atoms with Gasteiger partial charge in [-0.25, -0.2) is 0 Å². The van der Waals surface area contributed by atoms with Gasteiger partial charge in [-0.05, 0) is 0 Å². The van der Waals surface area contributed by atoms with Gasteiger partial charge in [0, 0.05) is 0 Å². The molecule has 2 heterocycles. The van der Waals surface area contributed by atoms with E-state index in [1.807, 2.05) is 39.8 Å². The summed E-state index contributed by atoms with van der Waals surface area (Å²) in [7, 11) is -0.403. The number of nitrogens with zero attached hydrogens (tertiary/aromatic N) is 1. The number of hydrogen-bond donors (Lipinski definition) is 0. The zero-order chi connectivity index (χ0) is 15.4. The minimum absolute atomic E-state index is 0.357. The molecular formula is C15H16AsBClNO2. The predicted molar refractivity (Wildman–Crippen MR) is 87.9 cm³/mol. The van der Waals surface area contributed by atoms with Gasteiger partial charge in [0.1, 0.15) is 0 Å². The molecule has 0 N–H and O–H groups in total. The maximum atomic E-state index is 6.38. The Morgan fingerprint density at radius 3 is 2.33 bits per heavy atom. The fraction of sp³-hybridized carbons (Fsp3) is 0.400. The SMILES string of the molecule is CC1(C)OB(c2cc(Cl)c3cnc([As])cc3c2)OC1(C)C. The first kappa shape index (κ1) is 15.4. The Balaban J connectivity index is 2.06. The number of rotatable bonds is 1. The Labute approximate surface area is 139 Å². The van der Waals surface area contributed by atoms with Gasteiger partial charge in [-0.3, -0.25) is 0 Å². The number of aromatic nitrogens is 1.